The molecule has 3 aromatic carbocycles. The summed E-state index contributed by atoms with van der Waals surface area (Å²) in [4.78, 5) is 12.0. The van der Waals surface area contributed by atoms with Crippen molar-refractivity contribution in [1.82, 2.24) is 5.43 Å². The lowest BCUT2D eigenvalue weighted by atomic mass is 10.1. The molecule has 138 valence electrons. The van der Waals surface area contributed by atoms with Crippen LogP contribution in [0.5, 0.6) is 5.75 Å². The molecule has 0 saturated heterocycles. The average molecular weight is 390 g/mol. The number of hydrazone groups is 1. The number of amides is 1. The molecule has 1 amide bonds. The van der Waals surface area contributed by atoms with Gasteiger partial charge >= 0.3 is 0 Å². The summed E-state index contributed by atoms with van der Waals surface area (Å²) >= 11 is 5.86. The predicted molar refractivity (Wildman–Crippen MR) is 108 cm³/mol. The average Bonchev–Trinajstić information content (AvgIpc) is 2.74. The SMILES string of the molecule is N#Cc1ccc(C(=O)NN=Cc2ccc(OCc3ccc(Cl)cc3)cc2)cc1. The summed E-state index contributed by atoms with van der Waals surface area (Å²) in [6.07, 6.45) is 1.55. The molecular weight excluding hydrogens is 374 g/mol. The second-order valence-corrected chi connectivity index (χ2v) is 6.31. The van der Waals surface area contributed by atoms with Gasteiger partial charge in [-0.05, 0) is 71.8 Å². The highest BCUT2D eigenvalue weighted by atomic mass is 35.5. The summed E-state index contributed by atoms with van der Waals surface area (Å²) in [5.74, 6) is 0.386. The smallest absolute Gasteiger partial charge is 0.271 e. The first-order chi connectivity index (χ1) is 13.6. The normalized spacial score (nSPS) is 10.4. The molecule has 0 unspecified atom stereocenters. The van der Waals surface area contributed by atoms with Crippen LogP contribution in [-0.2, 0) is 6.61 Å². The van der Waals surface area contributed by atoms with Crippen molar-refractivity contribution in [3.05, 3.63) is 100 Å². The van der Waals surface area contributed by atoms with Gasteiger partial charge in [0, 0.05) is 10.6 Å². The zero-order chi connectivity index (χ0) is 19.8. The summed E-state index contributed by atoms with van der Waals surface area (Å²) in [6, 6.07) is 23.2. The van der Waals surface area contributed by atoms with E-state index in [0.29, 0.717) is 22.8 Å². The Hall–Kier alpha value is -3.62. The van der Waals surface area contributed by atoms with Crippen LogP contribution in [0.1, 0.15) is 27.0 Å². The van der Waals surface area contributed by atoms with Crippen molar-refractivity contribution in [2.45, 2.75) is 6.61 Å². The molecule has 0 aromatic heterocycles. The Morgan fingerprint density at radius 3 is 2.36 bits per heavy atom. The van der Waals surface area contributed by atoms with E-state index in [1.165, 1.54) is 0 Å². The Morgan fingerprint density at radius 2 is 1.71 bits per heavy atom. The second-order valence-electron chi connectivity index (χ2n) is 5.87. The van der Waals surface area contributed by atoms with E-state index in [1.54, 1.807) is 30.5 Å². The number of hydrogen-bond donors (Lipinski definition) is 1. The quantitative estimate of drug-likeness (QED) is 0.496. The number of ether oxygens (including phenoxy) is 1. The van der Waals surface area contributed by atoms with Crippen molar-refractivity contribution in [2.75, 3.05) is 0 Å². The number of carbonyl (C=O) groups excluding carboxylic acids is 1. The first-order valence-corrected chi connectivity index (χ1v) is 8.83. The van der Waals surface area contributed by atoms with Crippen molar-refractivity contribution in [3.63, 3.8) is 0 Å². The molecule has 6 heteroatoms. The Balaban J connectivity index is 1.51. The summed E-state index contributed by atoms with van der Waals surface area (Å²) in [7, 11) is 0. The van der Waals surface area contributed by atoms with E-state index >= 15 is 0 Å². The molecule has 3 rings (SSSR count). The highest BCUT2D eigenvalue weighted by Gasteiger charge is 2.03. The lowest BCUT2D eigenvalue weighted by Crippen LogP contribution is -2.17. The maximum atomic E-state index is 12.0. The van der Waals surface area contributed by atoms with Crippen molar-refractivity contribution in [2.24, 2.45) is 5.10 Å². The van der Waals surface area contributed by atoms with Crippen LogP contribution in [-0.4, -0.2) is 12.1 Å². The summed E-state index contributed by atoms with van der Waals surface area (Å²) < 4.78 is 5.73. The van der Waals surface area contributed by atoms with Crippen LogP contribution in [0.25, 0.3) is 0 Å². The maximum Gasteiger partial charge on any atom is 0.271 e. The van der Waals surface area contributed by atoms with Crippen LogP contribution in [0.4, 0.5) is 0 Å². The topological polar surface area (TPSA) is 74.5 Å². The number of nitrogens with one attached hydrogen (secondary N) is 1. The number of hydrogen-bond acceptors (Lipinski definition) is 4. The number of carbonyl (C=O) groups is 1. The van der Waals surface area contributed by atoms with E-state index in [4.69, 9.17) is 21.6 Å². The Kier molecular flexibility index (Phi) is 6.40. The fourth-order valence-corrected chi connectivity index (χ4v) is 2.45. The van der Waals surface area contributed by atoms with Crippen LogP contribution < -0.4 is 10.2 Å². The minimum Gasteiger partial charge on any atom is -0.489 e. The standard InChI is InChI=1S/C22H16ClN3O2/c23-20-9-3-18(4-10-20)15-28-21-11-5-17(6-12-21)14-25-26-22(27)19-7-1-16(13-24)2-8-19/h1-12,14H,15H2,(H,26,27). The maximum absolute atomic E-state index is 12.0. The number of rotatable bonds is 6. The molecule has 0 spiro atoms. The zero-order valence-corrected chi connectivity index (χ0v) is 15.6. The van der Waals surface area contributed by atoms with Gasteiger partial charge < -0.3 is 4.74 Å². The summed E-state index contributed by atoms with van der Waals surface area (Å²) in [5, 5.41) is 13.4. The number of nitrogens with zero attached hydrogens (tertiary/aromatic N) is 2. The third kappa shape index (κ3) is 5.44. The van der Waals surface area contributed by atoms with Gasteiger partial charge in [-0.15, -0.1) is 0 Å². The molecule has 28 heavy (non-hydrogen) atoms. The van der Waals surface area contributed by atoms with Gasteiger partial charge in [-0.3, -0.25) is 4.79 Å². The fourth-order valence-electron chi connectivity index (χ4n) is 2.32. The van der Waals surface area contributed by atoms with Gasteiger partial charge in [-0.25, -0.2) is 5.43 Å². The third-order valence-corrected chi connectivity index (χ3v) is 4.11. The molecular formula is C22H16ClN3O2. The summed E-state index contributed by atoms with van der Waals surface area (Å²) in [5.41, 5.74) is 5.23. The number of halogens is 1. The minimum absolute atomic E-state index is 0.344. The van der Waals surface area contributed by atoms with Gasteiger partial charge in [0.25, 0.3) is 5.91 Å². The molecule has 0 atom stereocenters. The lowest BCUT2D eigenvalue weighted by molar-refractivity contribution is 0.0955. The monoisotopic (exact) mass is 389 g/mol. The summed E-state index contributed by atoms with van der Waals surface area (Å²) in [6.45, 7) is 0.450. The van der Waals surface area contributed by atoms with Gasteiger partial charge in [0.05, 0.1) is 17.8 Å². The molecule has 0 aliphatic rings. The predicted octanol–water partition coefficient (Wildman–Crippen LogP) is 4.55. The molecule has 5 nitrogen and oxygen atoms in total. The van der Waals surface area contributed by atoms with E-state index < -0.39 is 0 Å². The highest BCUT2D eigenvalue weighted by molar-refractivity contribution is 6.30. The lowest BCUT2D eigenvalue weighted by Gasteiger charge is -2.06. The Labute approximate surface area is 167 Å². The van der Waals surface area contributed by atoms with Crippen LogP contribution in [0, 0.1) is 11.3 Å². The van der Waals surface area contributed by atoms with Gasteiger partial charge in [0.2, 0.25) is 0 Å². The van der Waals surface area contributed by atoms with Gasteiger partial charge in [0.15, 0.2) is 0 Å². The first-order valence-electron chi connectivity index (χ1n) is 8.45. The Bertz CT molecular complexity index is 1010. The third-order valence-electron chi connectivity index (χ3n) is 3.85. The van der Waals surface area contributed by atoms with Crippen LogP contribution >= 0.6 is 11.6 Å². The molecule has 3 aromatic rings. The number of nitriles is 1. The molecule has 1 N–H and O–H groups in total. The minimum atomic E-state index is -0.344. The molecule has 0 saturated carbocycles. The molecule has 0 aliphatic carbocycles. The first kappa shape index (κ1) is 19.2. The van der Waals surface area contributed by atoms with Crippen LogP contribution in [0.3, 0.4) is 0 Å². The largest absolute Gasteiger partial charge is 0.489 e. The van der Waals surface area contributed by atoms with Gasteiger partial charge in [0.1, 0.15) is 12.4 Å². The Morgan fingerprint density at radius 1 is 1.04 bits per heavy atom. The van der Waals surface area contributed by atoms with Crippen LogP contribution in [0.15, 0.2) is 77.9 Å². The van der Waals surface area contributed by atoms with E-state index in [9.17, 15) is 4.79 Å². The van der Waals surface area contributed by atoms with Crippen molar-refractivity contribution >= 4 is 23.7 Å². The van der Waals surface area contributed by atoms with E-state index in [-0.39, 0.29) is 5.91 Å². The zero-order valence-electron chi connectivity index (χ0n) is 14.8. The second kappa shape index (κ2) is 9.36. The van der Waals surface area contributed by atoms with E-state index in [2.05, 4.69) is 10.5 Å². The van der Waals surface area contributed by atoms with Gasteiger partial charge in [-0.2, -0.15) is 10.4 Å². The molecule has 0 radical (unpaired) electrons. The fraction of sp³-hybridized carbons (Fsp3) is 0.0455. The van der Waals surface area contributed by atoms with Gasteiger partial charge in [-0.1, -0.05) is 23.7 Å². The highest BCUT2D eigenvalue weighted by Crippen LogP contribution is 2.15. The van der Waals surface area contributed by atoms with Crippen molar-refractivity contribution in [1.29, 1.82) is 5.26 Å². The molecule has 0 fully saturated rings. The molecule has 0 bridgehead atoms. The van der Waals surface area contributed by atoms with Crippen molar-refractivity contribution in [3.8, 4) is 11.8 Å². The molecule has 0 aliphatic heterocycles. The molecule has 0 heterocycles. The van der Waals surface area contributed by atoms with E-state index in [0.717, 1.165) is 16.9 Å². The van der Waals surface area contributed by atoms with Crippen molar-refractivity contribution < 1.29 is 9.53 Å². The van der Waals surface area contributed by atoms with Crippen LogP contribution in [0.2, 0.25) is 5.02 Å². The number of benzene rings is 3. The van der Waals surface area contributed by atoms with E-state index in [1.807, 2.05) is 54.6 Å².